The van der Waals surface area contributed by atoms with Gasteiger partial charge in [-0.1, -0.05) is 48.0 Å². The van der Waals surface area contributed by atoms with Crippen LogP contribution in [0.3, 0.4) is 0 Å². The van der Waals surface area contributed by atoms with Gasteiger partial charge in [0.2, 0.25) is 0 Å². The topological polar surface area (TPSA) is 63.9 Å². The SMILES string of the molecule is C=CCN(Cc1ccccc1Cl)C(=O)c1cccc(-c2nnnn2CC)c1. The average Bonchev–Trinajstić information content (AvgIpc) is 3.17. The molecule has 0 saturated heterocycles. The number of amides is 1. The zero-order chi connectivity index (χ0) is 19.2. The Balaban J connectivity index is 1.89. The number of hydrogen-bond donors (Lipinski definition) is 0. The quantitative estimate of drug-likeness (QED) is 0.583. The van der Waals surface area contributed by atoms with Gasteiger partial charge in [0.15, 0.2) is 5.82 Å². The highest BCUT2D eigenvalue weighted by Gasteiger charge is 2.18. The first-order chi connectivity index (χ1) is 13.1. The Hall–Kier alpha value is -2.99. The second-order valence-corrected chi connectivity index (χ2v) is 6.37. The Labute approximate surface area is 163 Å². The summed E-state index contributed by atoms with van der Waals surface area (Å²) in [6.07, 6.45) is 1.70. The van der Waals surface area contributed by atoms with E-state index in [2.05, 4.69) is 22.1 Å². The van der Waals surface area contributed by atoms with Crippen LogP contribution in [-0.2, 0) is 13.1 Å². The molecular formula is C20H20ClN5O. The standard InChI is InChI=1S/C20H20ClN5O/c1-3-12-25(14-17-8-5-6-11-18(17)21)20(27)16-10-7-9-15(13-16)19-22-23-24-26(19)4-2/h3,5-11,13H,1,4,12,14H2,2H3. The first kappa shape index (κ1) is 18.8. The van der Waals surface area contributed by atoms with Crippen LogP contribution in [0.5, 0.6) is 0 Å². The molecule has 7 heteroatoms. The molecule has 0 bridgehead atoms. The number of rotatable bonds is 7. The summed E-state index contributed by atoms with van der Waals surface area (Å²) >= 11 is 6.26. The van der Waals surface area contributed by atoms with Gasteiger partial charge in [-0.25, -0.2) is 4.68 Å². The predicted molar refractivity (Wildman–Crippen MR) is 105 cm³/mol. The van der Waals surface area contributed by atoms with Gasteiger partial charge in [0, 0.05) is 35.8 Å². The third kappa shape index (κ3) is 4.23. The van der Waals surface area contributed by atoms with E-state index in [0.29, 0.717) is 36.0 Å². The number of aryl methyl sites for hydroxylation is 1. The smallest absolute Gasteiger partial charge is 0.254 e. The number of nitrogens with zero attached hydrogens (tertiary/aromatic N) is 5. The second kappa shape index (κ2) is 8.60. The molecule has 6 nitrogen and oxygen atoms in total. The van der Waals surface area contributed by atoms with Crippen molar-refractivity contribution in [2.75, 3.05) is 6.54 Å². The normalized spacial score (nSPS) is 10.6. The van der Waals surface area contributed by atoms with E-state index in [4.69, 9.17) is 11.6 Å². The lowest BCUT2D eigenvalue weighted by Gasteiger charge is -2.22. The van der Waals surface area contributed by atoms with Crippen molar-refractivity contribution < 1.29 is 4.79 Å². The summed E-state index contributed by atoms with van der Waals surface area (Å²) in [5.41, 5.74) is 2.25. The summed E-state index contributed by atoms with van der Waals surface area (Å²) in [7, 11) is 0. The molecule has 2 aromatic carbocycles. The van der Waals surface area contributed by atoms with Crippen LogP contribution in [-0.4, -0.2) is 37.6 Å². The van der Waals surface area contributed by atoms with Gasteiger partial charge < -0.3 is 4.90 Å². The average molecular weight is 382 g/mol. The summed E-state index contributed by atoms with van der Waals surface area (Å²) in [5, 5.41) is 12.4. The highest BCUT2D eigenvalue weighted by atomic mass is 35.5. The third-order valence-corrected chi connectivity index (χ3v) is 4.52. The minimum Gasteiger partial charge on any atom is -0.331 e. The largest absolute Gasteiger partial charge is 0.331 e. The fourth-order valence-electron chi connectivity index (χ4n) is 2.81. The van der Waals surface area contributed by atoms with Crippen molar-refractivity contribution in [2.24, 2.45) is 0 Å². The van der Waals surface area contributed by atoms with E-state index in [1.54, 1.807) is 21.7 Å². The Bertz CT molecular complexity index is 953. The van der Waals surface area contributed by atoms with Gasteiger partial charge in [0.25, 0.3) is 5.91 Å². The maximum absolute atomic E-state index is 13.1. The number of aromatic nitrogens is 4. The lowest BCUT2D eigenvalue weighted by atomic mass is 10.1. The van der Waals surface area contributed by atoms with Crippen LogP contribution in [0.1, 0.15) is 22.8 Å². The van der Waals surface area contributed by atoms with Crippen LogP contribution < -0.4 is 0 Å². The molecule has 0 radical (unpaired) electrons. The molecule has 1 heterocycles. The maximum atomic E-state index is 13.1. The molecule has 138 valence electrons. The number of benzene rings is 2. The van der Waals surface area contributed by atoms with E-state index in [9.17, 15) is 4.79 Å². The molecule has 3 rings (SSSR count). The molecule has 1 amide bonds. The van der Waals surface area contributed by atoms with Crippen LogP contribution in [0.4, 0.5) is 0 Å². The van der Waals surface area contributed by atoms with Crippen LogP contribution >= 0.6 is 11.6 Å². The molecule has 0 saturated carbocycles. The Kier molecular flexibility index (Phi) is 5.98. The van der Waals surface area contributed by atoms with Gasteiger partial charge in [-0.2, -0.15) is 0 Å². The molecule has 0 unspecified atom stereocenters. The van der Waals surface area contributed by atoms with Crippen molar-refractivity contribution in [3.8, 4) is 11.4 Å². The highest BCUT2D eigenvalue weighted by molar-refractivity contribution is 6.31. The number of hydrogen-bond acceptors (Lipinski definition) is 4. The summed E-state index contributed by atoms with van der Waals surface area (Å²) in [6.45, 7) is 7.20. The lowest BCUT2D eigenvalue weighted by molar-refractivity contribution is 0.0763. The van der Waals surface area contributed by atoms with Crippen molar-refractivity contribution in [3.05, 3.63) is 77.3 Å². The second-order valence-electron chi connectivity index (χ2n) is 5.96. The molecule has 0 aliphatic heterocycles. The van der Waals surface area contributed by atoms with E-state index >= 15 is 0 Å². The van der Waals surface area contributed by atoms with E-state index < -0.39 is 0 Å². The number of carbonyl (C=O) groups excluding carboxylic acids is 1. The number of carbonyl (C=O) groups is 1. The van der Waals surface area contributed by atoms with Gasteiger partial charge in [-0.15, -0.1) is 11.7 Å². The molecule has 1 aromatic heterocycles. The number of halogens is 1. The molecule has 0 fully saturated rings. The maximum Gasteiger partial charge on any atom is 0.254 e. The third-order valence-electron chi connectivity index (χ3n) is 4.15. The lowest BCUT2D eigenvalue weighted by Crippen LogP contribution is -2.30. The Morgan fingerprint density at radius 1 is 1.26 bits per heavy atom. The van der Waals surface area contributed by atoms with E-state index in [0.717, 1.165) is 11.1 Å². The molecule has 27 heavy (non-hydrogen) atoms. The molecule has 3 aromatic rings. The van der Waals surface area contributed by atoms with E-state index in [1.807, 2.05) is 49.4 Å². The summed E-state index contributed by atoms with van der Waals surface area (Å²) in [4.78, 5) is 14.8. The molecule has 0 aliphatic carbocycles. The van der Waals surface area contributed by atoms with Crippen LogP contribution in [0.25, 0.3) is 11.4 Å². The fraction of sp³-hybridized carbons (Fsp3) is 0.200. The van der Waals surface area contributed by atoms with E-state index in [-0.39, 0.29) is 5.91 Å². The van der Waals surface area contributed by atoms with Crippen LogP contribution in [0.15, 0.2) is 61.2 Å². The van der Waals surface area contributed by atoms with Crippen molar-refractivity contribution in [1.29, 1.82) is 0 Å². The Morgan fingerprint density at radius 3 is 2.81 bits per heavy atom. The Morgan fingerprint density at radius 2 is 2.07 bits per heavy atom. The van der Waals surface area contributed by atoms with Crippen molar-refractivity contribution in [2.45, 2.75) is 20.0 Å². The highest BCUT2D eigenvalue weighted by Crippen LogP contribution is 2.21. The fourth-order valence-corrected chi connectivity index (χ4v) is 3.00. The van der Waals surface area contributed by atoms with Gasteiger partial charge in [0.1, 0.15) is 0 Å². The van der Waals surface area contributed by atoms with Gasteiger partial charge in [0.05, 0.1) is 0 Å². The monoisotopic (exact) mass is 381 g/mol. The van der Waals surface area contributed by atoms with Crippen molar-refractivity contribution in [3.63, 3.8) is 0 Å². The summed E-state index contributed by atoms with van der Waals surface area (Å²) in [5.74, 6) is 0.528. The first-order valence-electron chi connectivity index (χ1n) is 8.64. The molecule has 0 atom stereocenters. The van der Waals surface area contributed by atoms with E-state index in [1.165, 1.54) is 0 Å². The number of tetrazole rings is 1. The zero-order valence-electron chi connectivity index (χ0n) is 15.0. The molecule has 0 spiro atoms. The molecule has 0 aliphatic rings. The van der Waals surface area contributed by atoms with Gasteiger partial charge >= 0.3 is 0 Å². The van der Waals surface area contributed by atoms with Crippen molar-refractivity contribution in [1.82, 2.24) is 25.1 Å². The first-order valence-corrected chi connectivity index (χ1v) is 9.02. The zero-order valence-corrected chi connectivity index (χ0v) is 15.8. The summed E-state index contributed by atoms with van der Waals surface area (Å²) in [6, 6.07) is 14.8. The van der Waals surface area contributed by atoms with Gasteiger partial charge in [-0.05, 0) is 41.1 Å². The minimum atomic E-state index is -0.104. The van der Waals surface area contributed by atoms with Crippen LogP contribution in [0.2, 0.25) is 5.02 Å². The molecular weight excluding hydrogens is 362 g/mol. The predicted octanol–water partition coefficient (Wildman–Crippen LogP) is 3.84. The molecule has 0 N–H and O–H groups in total. The minimum absolute atomic E-state index is 0.104. The van der Waals surface area contributed by atoms with Crippen LogP contribution in [0, 0.1) is 0 Å². The van der Waals surface area contributed by atoms with Gasteiger partial charge in [-0.3, -0.25) is 4.79 Å². The summed E-state index contributed by atoms with van der Waals surface area (Å²) < 4.78 is 1.69. The van der Waals surface area contributed by atoms with Crippen molar-refractivity contribution >= 4 is 17.5 Å².